The van der Waals surface area contributed by atoms with Gasteiger partial charge in [0.25, 0.3) is 0 Å². The van der Waals surface area contributed by atoms with E-state index in [1.54, 1.807) is 19.1 Å². The molecule has 0 aliphatic carbocycles. The zero-order chi connectivity index (χ0) is 16.9. The highest BCUT2D eigenvalue weighted by atomic mass is 16.1. The molecule has 5 heteroatoms. The Morgan fingerprint density at radius 2 is 1.54 bits per heavy atom. The summed E-state index contributed by atoms with van der Waals surface area (Å²) in [5.74, 6) is 1.38. The van der Waals surface area contributed by atoms with Crippen molar-refractivity contribution in [3.8, 4) is 0 Å². The highest BCUT2D eigenvalue weighted by Crippen LogP contribution is 2.20. The van der Waals surface area contributed by atoms with Crippen LogP contribution in [0, 0.1) is 6.92 Å². The Morgan fingerprint density at radius 3 is 2.21 bits per heavy atom. The molecular formula is C19H18N4O. The number of hydrogen-bond acceptors (Lipinski definition) is 5. The molecule has 0 saturated carbocycles. The minimum Gasteiger partial charge on any atom is -0.340 e. The Labute approximate surface area is 140 Å². The van der Waals surface area contributed by atoms with E-state index in [2.05, 4.69) is 20.6 Å². The lowest BCUT2D eigenvalue weighted by Gasteiger charge is -2.09. The normalized spacial score (nSPS) is 10.2. The molecule has 1 heterocycles. The molecule has 0 fully saturated rings. The second-order valence-electron chi connectivity index (χ2n) is 5.54. The minimum absolute atomic E-state index is 0.0306. The average molecular weight is 318 g/mol. The molecule has 3 aromatic rings. The molecule has 0 bridgehead atoms. The number of carbonyl (C=O) groups excluding carboxylic acids is 1. The smallest absolute Gasteiger partial charge is 0.159 e. The molecule has 0 aliphatic rings. The summed E-state index contributed by atoms with van der Waals surface area (Å²) in [7, 11) is 0. The molecule has 0 aliphatic heterocycles. The number of aryl methyl sites for hydroxylation is 1. The van der Waals surface area contributed by atoms with E-state index in [0.717, 1.165) is 11.4 Å². The van der Waals surface area contributed by atoms with E-state index < -0.39 is 0 Å². The molecule has 0 amide bonds. The first kappa shape index (κ1) is 15.7. The molecule has 0 atom stereocenters. The van der Waals surface area contributed by atoms with E-state index in [1.165, 1.54) is 11.9 Å². The molecular weight excluding hydrogens is 300 g/mol. The zero-order valence-corrected chi connectivity index (χ0v) is 13.6. The highest BCUT2D eigenvalue weighted by molar-refractivity contribution is 5.95. The van der Waals surface area contributed by atoms with Gasteiger partial charge in [0.1, 0.15) is 18.0 Å². The van der Waals surface area contributed by atoms with E-state index in [-0.39, 0.29) is 5.78 Å². The first-order valence-electron chi connectivity index (χ1n) is 7.64. The molecule has 2 aromatic carbocycles. The Bertz CT molecular complexity index is 859. The maximum Gasteiger partial charge on any atom is 0.159 e. The summed E-state index contributed by atoms with van der Waals surface area (Å²) < 4.78 is 0. The first-order valence-corrected chi connectivity index (χ1v) is 7.64. The van der Waals surface area contributed by atoms with Crippen LogP contribution >= 0.6 is 0 Å². The minimum atomic E-state index is 0.0306. The number of Topliss-reactive ketones (excluding diaryl/α,β-unsaturated/α-hetero) is 1. The van der Waals surface area contributed by atoms with Gasteiger partial charge in [0, 0.05) is 23.0 Å². The lowest BCUT2D eigenvalue weighted by atomic mass is 10.1. The fourth-order valence-corrected chi connectivity index (χ4v) is 2.24. The van der Waals surface area contributed by atoms with Crippen molar-refractivity contribution in [2.45, 2.75) is 13.8 Å². The van der Waals surface area contributed by atoms with Crippen LogP contribution in [-0.4, -0.2) is 15.8 Å². The SMILES string of the molecule is CC(=O)c1cccc(Nc2cc(Nc3ccc(C)cc3)ncn2)c1. The summed E-state index contributed by atoms with van der Waals surface area (Å²) in [6.45, 7) is 3.60. The van der Waals surface area contributed by atoms with Gasteiger partial charge in [0.15, 0.2) is 5.78 Å². The van der Waals surface area contributed by atoms with Crippen LogP contribution in [-0.2, 0) is 0 Å². The van der Waals surface area contributed by atoms with Crippen molar-refractivity contribution in [1.29, 1.82) is 0 Å². The van der Waals surface area contributed by atoms with Crippen molar-refractivity contribution in [3.05, 3.63) is 72.1 Å². The molecule has 3 rings (SSSR count). The Morgan fingerprint density at radius 1 is 0.875 bits per heavy atom. The summed E-state index contributed by atoms with van der Waals surface area (Å²) >= 11 is 0. The number of aromatic nitrogens is 2. The van der Waals surface area contributed by atoms with Crippen molar-refractivity contribution in [2.24, 2.45) is 0 Å². The Hall–Kier alpha value is -3.21. The number of anilines is 4. The quantitative estimate of drug-likeness (QED) is 0.679. The third-order valence-electron chi connectivity index (χ3n) is 3.53. The standard InChI is InChI=1S/C19H18N4O/c1-13-6-8-16(9-7-13)22-18-11-19(21-12-20-18)23-17-5-3-4-15(10-17)14(2)24/h3-12H,1-2H3,(H2,20,21,22,23). The summed E-state index contributed by atoms with van der Waals surface area (Å²) in [5, 5.41) is 6.43. The van der Waals surface area contributed by atoms with Gasteiger partial charge in [-0.3, -0.25) is 4.79 Å². The van der Waals surface area contributed by atoms with Crippen LogP contribution in [0.5, 0.6) is 0 Å². The van der Waals surface area contributed by atoms with Gasteiger partial charge in [-0.25, -0.2) is 9.97 Å². The third kappa shape index (κ3) is 3.95. The van der Waals surface area contributed by atoms with Gasteiger partial charge in [-0.15, -0.1) is 0 Å². The number of nitrogens with zero attached hydrogens (tertiary/aromatic N) is 2. The van der Waals surface area contributed by atoms with Crippen molar-refractivity contribution < 1.29 is 4.79 Å². The topological polar surface area (TPSA) is 66.9 Å². The summed E-state index contributed by atoms with van der Waals surface area (Å²) in [4.78, 5) is 19.9. The summed E-state index contributed by atoms with van der Waals surface area (Å²) in [5.41, 5.74) is 3.63. The van der Waals surface area contributed by atoms with Gasteiger partial charge < -0.3 is 10.6 Å². The molecule has 0 saturated heterocycles. The van der Waals surface area contributed by atoms with Crippen LogP contribution in [0.1, 0.15) is 22.8 Å². The van der Waals surface area contributed by atoms with Crippen LogP contribution in [0.3, 0.4) is 0 Å². The number of ketones is 1. The second kappa shape index (κ2) is 6.91. The largest absolute Gasteiger partial charge is 0.340 e. The van der Waals surface area contributed by atoms with Crippen LogP contribution in [0.15, 0.2) is 60.9 Å². The molecule has 5 nitrogen and oxygen atoms in total. The molecule has 0 spiro atoms. The lowest BCUT2D eigenvalue weighted by Crippen LogP contribution is -1.99. The average Bonchev–Trinajstić information content (AvgIpc) is 2.57. The molecule has 0 radical (unpaired) electrons. The second-order valence-corrected chi connectivity index (χ2v) is 5.54. The molecule has 24 heavy (non-hydrogen) atoms. The van der Waals surface area contributed by atoms with Gasteiger partial charge in [-0.2, -0.15) is 0 Å². The monoisotopic (exact) mass is 318 g/mol. The van der Waals surface area contributed by atoms with E-state index in [1.807, 2.05) is 49.4 Å². The Balaban J connectivity index is 1.76. The van der Waals surface area contributed by atoms with Gasteiger partial charge in [-0.1, -0.05) is 29.8 Å². The van der Waals surface area contributed by atoms with Crippen LogP contribution in [0.25, 0.3) is 0 Å². The fourth-order valence-electron chi connectivity index (χ4n) is 2.24. The number of carbonyl (C=O) groups is 1. The maximum atomic E-state index is 11.5. The van der Waals surface area contributed by atoms with E-state index in [9.17, 15) is 4.79 Å². The van der Waals surface area contributed by atoms with Crippen molar-refractivity contribution in [1.82, 2.24) is 9.97 Å². The number of hydrogen-bond donors (Lipinski definition) is 2. The van der Waals surface area contributed by atoms with Crippen LogP contribution in [0.4, 0.5) is 23.0 Å². The number of rotatable bonds is 5. The van der Waals surface area contributed by atoms with Gasteiger partial charge in [0.05, 0.1) is 0 Å². The molecule has 1 aromatic heterocycles. The maximum absolute atomic E-state index is 11.5. The highest BCUT2D eigenvalue weighted by Gasteiger charge is 2.03. The van der Waals surface area contributed by atoms with E-state index >= 15 is 0 Å². The molecule has 2 N–H and O–H groups in total. The molecule has 0 unspecified atom stereocenters. The summed E-state index contributed by atoms with van der Waals surface area (Å²) in [6, 6.07) is 17.2. The Kier molecular flexibility index (Phi) is 4.52. The van der Waals surface area contributed by atoms with Crippen molar-refractivity contribution >= 4 is 28.8 Å². The van der Waals surface area contributed by atoms with Gasteiger partial charge >= 0.3 is 0 Å². The van der Waals surface area contributed by atoms with Gasteiger partial charge in [0.2, 0.25) is 0 Å². The first-order chi connectivity index (χ1) is 11.6. The number of benzene rings is 2. The predicted octanol–water partition coefficient (Wildman–Crippen LogP) is 4.47. The van der Waals surface area contributed by atoms with Crippen molar-refractivity contribution in [3.63, 3.8) is 0 Å². The molecule has 120 valence electrons. The van der Waals surface area contributed by atoms with Crippen molar-refractivity contribution in [2.75, 3.05) is 10.6 Å². The lowest BCUT2D eigenvalue weighted by molar-refractivity contribution is 0.101. The zero-order valence-electron chi connectivity index (χ0n) is 13.6. The summed E-state index contributed by atoms with van der Waals surface area (Å²) in [6.07, 6.45) is 1.49. The third-order valence-corrected chi connectivity index (χ3v) is 3.53. The van der Waals surface area contributed by atoms with Crippen LogP contribution in [0.2, 0.25) is 0 Å². The number of nitrogens with one attached hydrogen (secondary N) is 2. The predicted molar refractivity (Wildman–Crippen MR) is 96.2 cm³/mol. The van der Waals surface area contributed by atoms with E-state index in [4.69, 9.17) is 0 Å². The van der Waals surface area contributed by atoms with Gasteiger partial charge in [-0.05, 0) is 38.1 Å². The fraction of sp³-hybridized carbons (Fsp3) is 0.105. The van der Waals surface area contributed by atoms with Crippen LogP contribution < -0.4 is 10.6 Å². The van der Waals surface area contributed by atoms with E-state index in [0.29, 0.717) is 17.2 Å².